The Hall–Kier alpha value is -3.35. The van der Waals surface area contributed by atoms with Crippen molar-refractivity contribution in [3.05, 3.63) is 59.7 Å². The Morgan fingerprint density at radius 2 is 1.66 bits per heavy atom. The maximum absolute atomic E-state index is 13.2. The van der Waals surface area contributed by atoms with E-state index in [9.17, 15) is 19.5 Å². The minimum absolute atomic E-state index is 0.0280. The Labute approximate surface area is 205 Å². The molecule has 3 aliphatic rings. The van der Waals surface area contributed by atoms with Gasteiger partial charge < -0.3 is 20.1 Å². The lowest BCUT2D eigenvalue weighted by atomic mass is 9.90. The van der Waals surface area contributed by atoms with E-state index in [2.05, 4.69) is 29.6 Å². The predicted molar refractivity (Wildman–Crippen MR) is 131 cm³/mol. The summed E-state index contributed by atoms with van der Waals surface area (Å²) in [6.45, 7) is 2.60. The number of amides is 2. The van der Waals surface area contributed by atoms with Crippen molar-refractivity contribution >= 4 is 18.0 Å². The van der Waals surface area contributed by atoms with E-state index in [1.807, 2.05) is 31.2 Å². The van der Waals surface area contributed by atoms with E-state index in [0.29, 0.717) is 45.1 Å². The first-order chi connectivity index (χ1) is 16.9. The molecule has 0 radical (unpaired) electrons. The Kier molecular flexibility index (Phi) is 6.03. The van der Waals surface area contributed by atoms with Crippen LogP contribution in [0.1, 0.15) is 68.9 Å². The van der Waals surface area contributed by atoms with Crippen LogP contribution >= 0.6 is 0 Å². The lowest BCUT2D eigenvalue weighted by Crippen LogP contribution is -2.54. The molecule has 1 atom stereocenters. The van der Waals surface area contributed by atoms with E-state index in [4.69, 9.17) is 4.74 Å². The molecule has 35 heavy (non-hydrogen) atoms. The van der Waals surface area contributed by atoms with Gasteiger partial charge in [-0.2, -0.15) is 0 Å². The Bertz CT molecular complexity index is 1110. The third kappa shape index (κ3) is 4.17. The zero-order chi connectivity index (χ0) is 24.6. The van der Waals surface area contributed by atoms with Gasteiger partial charge in [-0.3, -0.25) is 4.79 Å². The van der Waals surface area contributed by atoms with Gasteiger partial charge in [0.2, 0.25) is 5.91 Å². The number of aliphatic carboxylic acids is 1. The summed E-state index contributed by atoms with van der Waals surface area (Å²) in [7, 11) is 0. The van der Waals surface area contributed by atoms with Crippen LogP contribution in [-0.2, 0) is 14.3 Å². The summed E-state index contributed by atoms with van der Waals surface area (Å²) in [5.41, 5.74) is 2.87. The van der Waals surface area contributed by atoms with E-state index in [1.165, 1.54) is 16.0 Å². The average Bonchev–Trinajstić information content (AvgIpc) is 3.32. The summed E-state index contributed by atoms with van der Waals surface area (Å²) in [6.07, 6.45) is 3.25. The molecule has 7 nitrogen and oxygen atoms in total. The highest BCUT2D eigenvalue weighted by molar-refractivity contribution is 5.89. The second-order valence-corrected chi connectivity index (χ2v) is 10.1. The number of carboxylic acids is 1. The van der Waals surface area contributed by atoms with Gasteiger partial charge in [-0.05, 0) is 54.4 Å². The summed E-state index contributed by atoms with van der Waals surface area (Å²) in [6, 6.07) is 16.3. The first kappa shape index (κ1) is 23.4. The number of hydrogen-bond donors (Lipinski definition) is 2. The first-order valence-electron chi connectivity index (χ1n) is 12.6. The molecule has 1 heterocycles. The monoisotopic (exact) mass is 476 g/mol. The smallest absolute Gasteiger partial charge is 0.407 e. The molecule has 0 spiro atoms. The van der Waals surface area contributed by atoms with Crippen LogP contribution in [0.4, 0.5) is 4.79 Å². The molecule has 184 valence electrons. The number of hydrogen-bond acceptors (Lipinski definition) is 4. The second-order valence-electron chi connectivity index (χ2n) is 10.1. The molecule has 2 amide bonds. The summed E-state index contributed by atoms with van der Waals surface area (Å²) in [4.78, 5) is 39.6. The van der Waals surface area contributed by atoms with E-state index in [0.717, 1.165) is 11.1 Å². The predicted octanol–water partition coefficient (Wildman–Crippen LogP) is 4.69. The molecule has 2 aromatic rings. The molecule has 2 N–H and O–H groups in total. The third-order valence-corrected chi connectivity index (χ3v) is 7.91. The maximum Gasteiger partial charge on any atom is 0.407 e. The van der Waals surface area contributed by atoms with Gasteiger partial charge in [-0.1, -0.05) is 61.9 Å². The molecule has 1 saturated carbocycles. The number of alkyl carbamates (subject to hydrolysis) is 1. The van der Waals surface area contributed by atoms with Crippen LogP contribution in [0.15, 0.2) is 48.5 Å². The molecule has 5 rings (SSSR count). The average molecular weight is 477 g/mol. The van der Waals surface area contributed by atoms with Crippen molar-refractivity contribution in [2.75, 3.05) is 13.2 Å². The zero-order valence-corrected chi connectivity index (χ0v) is 20.1. The highest BCUT2D eigenvalue weighted by atomic mass is 16.5. The summed E-state index contributed by atoms with van der Waals surface area (Å²) in [5, 5.41) is 12.8. The Morgan fingerprint density at radius 3 is 2.23 bits per heavy atom. The van der Waals surface area contributed by atoms with Crippen LogP contribution in [0.25, 0.3) is 11.1 Å². The molecular formula is C28H32N2O5. The van der Waals surface area contributed by atoms with Crippen LogP contribution < -0.4 is 5.32 Å². The molecule has 0 aromatic heterocycles. The Balaban J connectivity index is 1.22. The quantitative estimate of drug-likeness (QED) is 0.576. The SMILES string of the molecule is CCCC1(C(=O)O)CCCN1C(=O)CC1(NC(=O)OCC2c3ccccc3-c3ccccc32)CC1. The van der Waals surface area contributed by atoms with Crippen LogP contribution in [0, 0.1) is 0 Å². The number of likely N-dealkylation sites (tertiary alicyclic amines) is 1. The maximum atomic E-state index is 13.2. The standard InChI is InChI=1S/C28H32N2O5/c1-2-12-28(25(32)33)13-7-16-30(28)24(31)17-27(14-15-27)29-26(34)35-18-23-21-10-5-3-8-19(21)20-9-4-6-11-22(20)23/h3-6,8-11,23H,2,7,12-18H2,1H3,(H,29,34)(H,32,33). The number of nitrogens with zero attached hydrogens (tertiary/aromatic N) is 1. The van der Waals surface area contributed by atoms with Gasteiger partial charge in [0.15, 0.2) is 0 Å². The van der Waals surface area contributed by atoms with Crippen LogP contribution in [0.3, 0.4) is 0 Å². The number of rotatable bonds is 8. The van der Waals surface area contributed by atoms with Crippen LogP contribution in [-0.4, -0.2) is 52.2 Å². The molecule has 0 bridgehead atoms. The second kappa shape index (κ2) is 9.02. The lowest BCUT2D eigenvalue weighted by molar-refractivity contribution is -0.157. The summed E-state index contributed by atoms with van der Waals surface area (Å²) >= 11 is 0. The van der Waals surface area contributed by atoms with Gasteiger partial charge in [0.1, 0.15) is 12.1 Å². The van der Waals surface area contributed by atoms with Gasteiger partial charge in [0.05, 0.1) is 12.0 Å². The van der Waals surface area contributed by atoms with Gasteiger partial charge in [-0.15, -0.1) is 0 Å². The molecule has 7 heteroatoms. The number of fused-ring (bicyclic) bond motifs is 3. The normalized spacial score (nSPS) is 21.8. The molecule has 2 aliphatic carbocycles. The van der Waals surface area contributed by atoms with E-state index in [-0.39, 0.29) is 24.9 Å². The van der Waals surface area contributed by atoms with Crippen molar-refractivity contribution in [2.45, 2.75) is 68.9 Å². The third-order valence-electron chi connectivity index (χ3n) is 7.91. The van der Waals surface area contributed by atoms with Gasteiger partial charge >= 0.3 is 12.1 Å². The van der Waals surface area contributed by atoms with Crippen LogP contribution in [0.2, 0.25) is 0 Å². The minimum Gasteiger partial charge on any atom is -0.479 e. The number of carbonyl (C=O) groups is 3. The largest absolute Gasteiger partial charge is 0.479 e. The molecule has 2 aromatic carbocycles. The number of nitrogens with one attached hydrogen (secondary N) is 1. The fourth-order valence-corrected chi connectivity index (χ4v) is 5.98. The minimum atomic E-state index is -1.12. The van der Waals surface area contributed by atoms with Crippen molar-refractivity contribution in [1.82, 2.24) is 10.2 Å². The lowest BCUT2D eigenvalue weighted by Gasteiger charge is -2.35. The topological polar surface area (TPSA) is 95.9 Å². The number of benzene rings is 2. The number of ether oxygens (including phenoxy) is 1. The van der Waals surface area contributed by atoms with E-state index >= 15 is 0 Å². The van der Waals surface area contributed by atoms with Crippen molar-refractivity contribution in [2.24, 2.45) is 0 Å². The van der Waals surface area contributed by atoms with Crippen molar-refractivity contribution in [3.63, 3.8) is 0 Å². The highest BCUT2D eigenvalue weighted by Gasteiger charge is 2.53. The first-order valence-corrected chi connectivity index (χ1v) is 12.6. The van der Waals surface area contributed by atoms with Gasteiger partial charge in [0, 0.05) is 12.5 Å². The molecule has 2 fully saturated rings. The number of carboxylic acid groups (broad SMARTS) is 1. The van der Waals surface area contributed by atoms with Gasteiger partial charge in [0.25, 0.3) is 0 Å². The summed E-state index contributed by atoms with van der Waals surface area (Å²) in [5.74, 6) is -1.16. The molecule has 1 aliphatic heterocycles. The van der Waals surface area contributed by atoms with Crippen molar-refractivity contribution in [3.8, 4) is 11.1 Å². The summed E-state index contributed by atoms with van der Waals surface area (Å²) < 4.78 is 5.67. The fourth-order valence-electron chi connectivity index (χ4n) is 5.98. The van der Waals surface area contributed by atoms with Crippen LogP contribution in [0.5, 0.6) is 0 Å². The fraction of sp³-hybridized carbons (Fsp3) is 0.464. The Morgan fingerprint density at radius 1 is 1.03 bits per heavy atom. The molecule has 1 unspecified atom stereocenters. The molecule has 1 saturated heterocycles. The number of carbonyl (C=O) groups excluding carboxylic acids is 2. The van der Waals surface area contributed by atoms with Gasteiger partial charge in [-0.25, -0.2) is 9.59 Å². The van der Waals surface area contributed by atoms with E-state index < -0.39 is 23.1 Å². The molecular weight excluding hydrogens is 444 g/mol. The van der Waals surface area contributed by atoms with Crippen molar-refractivity contribution < 1.29 is 24.2 Å². The van der Waals surface area contributed by atoms with E-state index in [1.54, 1.807) is 0 Å². The van der Waals surface area contributed by atoms with Crippen molar-refractivity contribution in [1.29, 1.82) is 0 Å². The highest BCUT2D eigenvalue weighted by Crippen LogP contribution is 2.45. The zero-order valence-electron chi connectivity index (χ0n) is 20.1.